The quantitative estimate of drug-likeness (QED) is 0.688. The van der Waals surface area contributed by atoms with Crippen LogP contribution in [0.15, 0.2) is 24.3 Å². The number of terminal acetylenes is 1. The lowest BCUT2D eigenvalue weighted by atomic mass is 9.96. The van der Waals surface area contributed by atoms with Gasteiger partial charge in [0.1, 0.15) is 18.1 Å². The molecule has 0 fully saturated rings. The van der Waals surface area contributed by atoms with Gasteiger partial charge in [0.25, 0.3) is 0 Å². The number of hydrogen-bond acceptors (Lipinski definition) is 2. The minimum Gasteiger partial charge on any atom is -0.481 e. The Morgan fingerprint density at radius 1 is 1.39 bits per heavy atom. The highest BCUT2D eigenvalue weighted by atomic mass is 16.5. The van der Waals surface area contributed by atoms with Crippen LogP contribution in [-0.2, 0) is 11.2 Å². The highest BCUT2D eigenvalue weighted by Crippen LogP contribution is 2.17. The number of ether oxygens (including phenoxy) is 1. The Morgan fingerprint density at radius 3 is 2.61 bits per heavy atom. The number of hydrogen-bond donors (Lipinski definition) is 0. The zero-order chi connectivity index (χ0) is 13.4. The fourth-order valence-electron chi connectivity index (χ4n) is 1.80. The van der Waals surface area contributed by atoms with Crippen LogP contribution in [0.1, 0.15) is 32.3 Å². The van der Waals surface area contributed by atoms with E-state index in [1.165, 1.54) is 5.56 Å². The van der Waals surface area contributed by atoms with Crippen LogP contribution in [0.2, 0.25) is 0 Å². The van der Waals surface area contributed by atoms with Gasteiger partial charge in [0, 0.05) is 6.42 Å². The predicted octanol–water partition coefficient (Wildman–Crippen LogP) is 3.25. The van der Waals surface area contributed by atoms with Gasteiger partial charge in [-0.15, -0.1) is 6.42 Å². The summed E-state index contributed by atoms with van der Waals surface area (Å²) in [5.41, 5.74) is 1.26. The first-order chi connectivity index (χ1) is 8.61. The van der Waals surface area contributed by atoms with Crippen molar-refractivity contribution in [3.05, 3.63) is 29.8 Å². The lowest BCUT2D eigenvalue weighted by Crippen LogP contribution is -2.02. The molecule has 0 saturated heterocycles. The smallest absolute Gasteiger partial charge is 0.148 e. The average molecular weight is 244 g/mol. The second-order valence-corrected chi connectivity index (χ2v) is 4.69. The van der Waals surface area contributed by atoms with Gasteiger partial charge in [-0.1, -0.05) is 25.0 Å². The van der Waals surface area contributed by atoms with E-state index in [0.29, 0.717) is 18.9 Å². The molecule has 1 unspecified atom stereocenters. The summed E-state index contributed by atoms with van der Waals surface area (Å²) < 4.78 is 5.31. The van der Waals surface area contributed by atoms with E-state index in [0.717, 1.165) is 18.6 Å². The highest BCUT2D eigenvalue weighted by molar-refractivity contribution is 5.75. The molecule has 0 aliphatic heterocycles. The van der Waals surface area contributed by atoms with E-state index in [1.54, 1.807) is 6.92 Å². The second kappa shape index (κ2) is 7.55. The largest absolute Gasteiger partial charge is 0.481 e. The molecule has 0 radical (unpaired) electrons. The van der Waals surface area contributed by atoms with Crippen LogP contribution in [0.5, 0.6) is 5.75 Å². The second-order valence-electron chi connectivity index (χ2n) is 4.69. The van der Waals surface area contributed by atoms with Crippen molar-refractivity contribution in [1.82, 2.24) is 0 Å². The molecular weight excluding hydrogens is 224 g/mol. The third-order valence-corrected chi connectivity index (χ3v) is 2.82. The third kappa shape index (κ3) is 5.54. The van der Waals surface area contributed by atoms with Crippen LogP contribution >= 0.6 is 0 Å². The molecule has 1 rings (SSSR count). The molecule has 0 amide bonds. The summed E-state index contributed by atoms with van der Waals surface area (Å²) in [6.07, 6.45) is 7.74. The first-order valence-corrected chi connectivity index (χ1v) is 6.26. The molecule has 0 aliphatic carbocycles. The van der Waals surface area contributed by atoms with Gasteiger partial charge in [0.05, 0.1) is 0 Å². The summed E-state index contributed by atoms with van der Waals surface area (Å²) in [5.74, 6) is 4.02. The van der Waals surface area contributed by atoms with Gasteiger partial charge in [-0.3, -0.25) is 0 Å². The Labute approximate surface area is 109 Å². The van der Waals surface area contributed by atoms with E-state index in [9.17, 15) is 4.79 Å². The molecule has 18 heavy (non-hydrogen) atoms. The summed E-state index contributed by atoms with van der Waals surface area (Å²) in [6.45, 7) is 4.12. The number of rotatable bonds is 7. The Bertz CT molecular complexity index is 412. The van der Waals surface area contributed by atoms with E-state index in [2.05, 4.69) is 25.0 Å². The molecule has 0 saturated carbocycles. The van der Waals surface area contributed by atoms with E-state index >= 15 is 0 Å². The van der Waals surface area contributed by atoms with Crippen molar-refractivity contribution < 1.29 is 9.53 Å². The van der Waals surface area contributed by atoms with E-state index in [4.69, 9.17) is 11.2 Å². The molecular formula is C16H20O2. The summed E-state index contributed by atoms with van der Waals surface area (Å²) >= 11 is 0. The first-order valence-electron chi connectivity index (χ1n) is 6.26. The van der Waals surface area contributed by atoms with Crippen LogP contribution in [0.3, 0.4) is 0 Å². The van der Waals surface area contributed by atoms with Gasteiger partial charge in [-0.25, -0.2) is 0 Å². The van der Waals surface area contributed by atoms with Crippen molar-refractivity contribution in [3.8, 4) is 18.1 Å². The van der Waals surface area contributed by atoms with Crippen LogP contribution in [0, 0.1) is 18.3 Å². The van der Waals surface area contributed by atoms with Crippen LogP contribution in [-0.4, -0.2) is 12.4 Å². The summed E-state index contributed by atoms with van der Waals surface area (Å²) in [7, 11) is 0. The maximum Gasteiger partial charge on any atom is 0.148 e. The Morgan fingerprint density at radius 2 is 2.06 bits per heavy atom. The van der Waals surface area contributed by atoms with Crippen molar-refractivity contribution in [2.75, 3.05) is 6.61 Å². The van der Waals surface area contributed by atoms with Crippen molar-refractivity contribution in [2.45, 2.75) is 33.1 Å². The molecule has 2 nitrogen and oxygen atoms in total. The van der Waals surface area contributed by atoms with Crippen molar-refractivity contribution in [3.63, 3.8) is 0 Å². The number of benzene rings is 1. The highest BCUT2D eigenvalue weighted by Gasteiger charge is 2.05. The van der Waals surface area contributed by atoms with Gasteiger partial charge in [0.15, 0.2) is 0 Å². The van der Waals surface area contributed by atoms with E-state index < -0.39 is 0 Å². The molecule has 1 aromatic carbocycles. The number of Topliss-reactive ketones (excluding diaryl/α,β-unsaturated/α-hetero) is 1. The Hall–Kier alpha value is -1.75. The molecule has 1 atom stereocenters. The van der Waals surface area contributed by atoms with Gasteiger partial charge in [-0.05, 0) is 43.4 Å². The molecule has 96 valence electrons. The zero-order valence-electron chi connectivity index (χ0n) is 11.1. The molecule has 0 spiro atoms. The van der Waals surface area contributed by atoms with Crippen molar-refractivity contribution in [2.24, 2.45) is 5.92 Å². The normalized spacial score (nSPS) is 11.6. The standard InChI is InChI=1S/C16H20O2/c1-4-11-18-16-9-7-15(8-10-16)12-13(2)5-6-14(3)17/h1,7-10,13H,5-6,11-12H2,2-3H3. The molecule has 0 N–H and O–H groups in total. The lowest BCUT2D eigenvalue weighted by Gasteiger charge is -2.11. The van der Waals surface area contributed by atoms with Gasteiger partial charge < -0.3 is 9.53 Å². The molecule has 2 heteroatoms. The van der Waals surface area contributed by atoms with Crippen LogP contribution < -0.4 is 4.74 Å². The van der Waals surface area contributed by atoms with E-state index in [1.807, 2.05) is 12.1 Å². The maximum atomic E-state index is 10.9. The number of carbonyl (C=O) groups excluding carboxylic acids is 1. The Kier molecular flexibility index (Phi) is 6.00. The third-order valence-electron chi connectivity index (χ3n) is 2.82. The molecule has 1 aromatic rings. The van der Waals surface area contributed by atoms with Crippen molar-refractivity contribution in [1.29, 1.82) is 0 Å². The zero-order valence-corrected chi connectivity index (χ0v) is 11.1. The van der Waals surface area contributed by atoms with Crippen molar-refractivity contribution >= 4 is 5.78 Å². The van der Waals surface area contributed by atoms with Crippen LogP contribution in [0.25, 0.3) is 0 Å². The molecule has 0 aromatic heterocycles. The minimum atomic E-state index is 0.264. The fraction of sp³-hybridized carbons (Fsp3) is 0.438. The summed E-state index contributed by atoms with van der Waals surface area (Å²) in [4.78, 5) is 10.9. The average Bonchev–Trinajstić information content (AvgIpc) is 2.35. The fourth-order valence-corrected chi connectivity index (χ4v) is 1.80. The number of carbonyl (C=O) groups is 1. The molecule has 0 bridgehead atoms. The molecule has 0 aliphatic rings. The topological polar surface area (TPSA) is 26.3 Å². The van der Waals surface area contributed by atoms with Gasteiger partial charge in [0.2, 0.25) is 0 Å². The molecule has 0 heterocycles. The first kappa shape index (κ1) is 14.3. The maximum absolute atomic E-state index is 10.9. The summed E-state index contributed by atoms with van der Waals surface area (Å²) in [6, 6.07) is 7.97. The monoisotopic (exact) mass is 244 g/mol. The number of ketones is 1. The van der Waals surface area contributed by atoms with Gasteiger partial charge >= 0.3 is 0 Å². The summed E-state index contributed by atoms with van der Waals surface area (Å²) in [5, 5.41) is 0. The predicted molar refractivity (Wildman–Crippen MR) is 73.6 cm³/mol. The van der Waals surface area contributed by atoms with Crippen LogP contribution in [0.4, 0.5) is 0 Å². The SMILES string of the molecule is C#CCOc1ccc(CC(C)CCC(C)=O)cc1. The van der Waals surface area contributed by atoms with Gasteiger partial charge in [-0.2, -0.15) is 0 Å². The lowest BCUT2D eigenvalue weighted by molar-refractivity contribution is -0.117. The van der Waals surface area contributed by atoms with E-state index in [-0.39, 0.29) is 5.78 Å². The minimum absolute atomic E-state index is 0.264. The Balaban J connectivity index is 2.43.